The molecule has 1 N–H and O–H groups in total. The number of aromatic hydroxyl groups is 1. The normalized spacial score (nSPS) is 11.1. The van der Waals surface area contributed by atoms with Gasteiger partial charge < -0.3 is 5.11 Å². The molecule has 0 spiro atoms. The molecule has 2 aromatic carbocycles. The van der Waals surface area contributed by atoms with Crippen molar-refractivity contribution in [2.75, 3.05) is 0 Å². The number of nitrogens with zero attached hydrogens (tertiary/aromatic N) is 2. The van der Waals surface area contributed by atoms with Crippen LogP contribution in [-0.4, -0.2) is 14.9 Å². The SMILES string of the molecule is Cc1ccccc1-c1c(O)c(C(C)C)nn(Cc2cccc(Cl)c2)c1=O. The summed E-state index contributed by atoms with van der Waals surface area (Å²) in [5, 5.41) is 15.8. The molecule has 0 atom stereocenters. The fourth-order valence-electron chi connectivity index (χ4n) is 2.98. The summed E-state index contributed by atoms with van der Waals surface area (Å²) in [6.45, 7) is 6.10. The van der Waals surface area contributed by atoms with Crippen LogP contribution < -0.4 is 5.56 Å². The molecule has 134 valence electrons. The molecule has 0 unspecified atom stereocenters. The molecule has 0 saturated carbocycles. The number of aryl methyl sites for hydroxylation is 1. The highest BCUT2D eigenvalue weighted by Gasteiger charge is 2.21. The third-order valence-electron chi connectivity index (χ3n) is 4.34. The first kappa shape index (κ1) is 18.2. The van der Waals surface area contributed by atoms with Crippen molar-refractivity contribution in [3.05, 3.63) is 80.7 Å². The number of rotatable bonds is 4. The van der Waals surface area contributed by atoms with Crippen LogP contribution in [0.5, 0.6) is 5.75 Å². The fraction of sp³-hybridized carbons (Fsp3) is 0.238. The first-order chi connectivity index (χ1) is 12.4. The maximum atomic E-state index is 13.1. The van der Waals surface area contributed by atoms with Gasteiger partial charge in [-0.1, -0.05) is 61.8 Å². The van der Waals surface area contributed by atoms with Crippen molar-refractivity contribution in [3.63, 3.8) is 0 Å². The molecule has 0 aliphatic heterocycles. The van der Waals surface area contributed by atoms with Crippen LogP contribution in [0.3, 0.4) is 0 Å². The lowest BCUT2D eigenvalue weighted by Gasteiger charge is -2.16. The third kappa shape index (κ3) is 3.51. The molecule has 0 aliphatic rings. The zero-order chi connectivity index (χ0) is 18.8. The molecule has 0 radical (unpaired) electrons. The molecule has 0 fully saturated rings. The quantitative estimate of drug-likeness (QED) is 0.723. The number of benzene rings is 2. The van der Waals surface area contributed by atoms with E-state index in [9.17, 15) is 9.90 Å². The van der Waals surface area contributed by atoms with Crippen LogP contribution in [0.1, 0.15) is 36.6 Å². The molecule has 0 saturated heterocycles. The Balaban J connectivity index is 2.23. The Labute approximate surface area is 157 Å². The number of hydrogen-bond acceptors (Lipinski definition) is 3. The van der Waals surface area contributed by atoms with E-state index < -0.39 is 0 Å². The van der Waals surface area contributed by atoms with Crippen molar-refractivity contribution in [2.45, 2.75) is 33.2 Å². The predicted molar refractivity (Wildman–Crippen MR) is 105 cm³/mol. The summed E-state index contributed by atoms with van der Waals surface area (Å²) in [4.78, 5) is 13.1. The van der Waals surface area contributed by atoms with Crippen LogP contribution >= 0.6 is 11.6 Å². The molecule has 5 heteroatoms. The minimum atomic E-state index is -0.318. The number of halogens is 1. The minimum Gasteiger partial charge on any atom is -0.505 e. The van der Waals surface area contributed by atoms with E-state index in [2.05, 4.69) is 5.10 Å². The number of aromatic nitrogens is 2. The molecule has 0 aliphatic carbocycles. The summed E-state index contributed by atoms with van der Waals surface area (Å²) in [5.74, 6) is -0.0642. The maximum Gasteiger partial charge on any atom is 0.278 e. The lowest BCUT2D eigenvalue weighted by atomic mass is 9.98. The average molecular weight is 369 g/mol. The second-order valence-corrected chi connectivity index (χ2v) is 7.11. The van der Waals surface area contributed by atoms with Gasteiger partial charge in [0.05, 0.1) is 12.1 Å². The Hall–Kier alpha value is -2.59. The molecule has 3 aromatic rings. The summed E-state index contributed by atoms with van der Waals surface area (Å²) in [6.07, 6.45) is 0. The van der Waals surface area contributed by atoms with Gasteiger partial charge in [0, 0.05) is 10.9 Å². The van der Waals surface area contributed by atoms with Crippen LogP contribution in [0, 0.1) is 6.92 Å². The lowest BCUT2D eigenvalue weighted by Crippen LogP contribution is -2.27. The van der Waals surface area contributed by atoms with Crippen molar-refractivity contribution in [2.24, 2.45) is 0 Å². The van der Waals surface area contributed by atoms with Gasteiger partial charge in [-0.25, -0.2) is 4.68 Å². The van der Waals surface area contributed by atoms with Gasteiger partial charge in [-0.05, 0) is 35.7 Å². The molecular weight excluding hydrogens is 348 g/mol. The first-order valence-corrected chi connectivity index (χ1v) is 8.90. The molecule has 26 heavy (non-hydrogen) atoms. The van der Waals surface area contributed by atoms with E-state index in [0.717, 1.165) is 16.7 Å². The Morgan fingerprint density at radius 1 is 1.15 bits per heavy atom. The molecule has 1 heterocycles. The average Bonchev–Trinajstić information content (AvgIpc) is 2.59. The molecule has 0 bridgehead atoms. The van der Waals surface area contributed by atoms with Gasteiger partial charge in [0.25, 0.3) is 5.56 Å². The molecule has 4 nitrogen and oxygen atoms in total. The van der Waals surface area contributed by atoms with Crippen molar-refractivity contribution < 1.29 is 5.11 Å². The van der Waals surface area contributed by atoms with Gasteiger partial charge in [0.2, 0.25) is 0 Å². The van der Waals surface area contributed by atoms with Crippen LogP contribution in [0.25, 0.3) is 11.1 Å². The van der Waals surface area contributed by atoms with Crippen molar-refractivity contribution in [3.8, 4) is 16.9 Å². The van der Waals surface area contributed by atoms with E-state index in [1.807, 2.05) is 63.2 Å². The van der Waals surface area contributed by atoms with E-state index in [0.29, 0.717) is 16.3 Å². The Bertz CT molecular complexity index is 1010. The monoisotopic (exact) mass is 368 g/mol. The minimum absolute atomic E-state index is 0.0241. The highest BCUT2D eigenvalue weighted by molar-refractivity contribution is 6.30. The zero-order valence-electron chi connectivity index (χ0n) is 15.0. The molecular formula is C21H21ClN2O2. The first-order valence-electron chi connectivity index (χ1n) is 8.53. The number of hydrogen-bond donors (Lipinski definition) is 1. The zero-order valence-corrected chi connectivity index (χ0v) is 15.8. The van der Waals surface area contributed by atoms with Gasteiger partial charge in [-0.15, -0.1) is 0 Å². The molecule has 3 rings (SSSR count). The fourth-order valence-corrected chi connectivity index (χ4v) is 3.19. The topological polar surface area (TPSA) is 55.1 Å². The predicted octanol–water partition coefficient (Wildman–Crippen LogP) is 4.75. The van der Waals surface area contributed by atoms with Crippen LogP contribution in [0.2, 0.25) is 5.02 Å². The third-order valence-corrected chi connectivity index (χ3v) is 4.57. The van der Waals surface area contributed by atoms with Crippen molar-refractivity contribution >= 4 is 11.6 Å². The van der Waals surface area contributed by atoms with Gasteiger partial charge in [0.1, 0.15) is 5.69 Å². The second kappa shape index (κ2) is 7.34. The van der Waals surface area contributed by atoms with Gasteiger partial charge in [-0.2, -0.15) is 5.10 Å². The molecule has 0 amide bonds. The van der Waals surface area contributed by atoms with E-state index in [-0.39, 0.29) is 23.8 Å². The van der Waals surface area contributed by atoms with Crippen LogP contribution in [-0.2, 0) is 6.54 Å². The van der Waals surface area contributed by atoms with E-state index in [1.165, 1.54) is 4.68 Å². The van der Waals surface area contributed by atoms with Crippen molar-refractivity contribution in [1.29, 1.82) is 0 Å². The van der Waals surface area contributed by atoms with E-state index in [1.54, 1.807) is 6.07 Å². The highest BCUT2D eigenvalue weighted by Crippen LogP contribution is 2.33. The highest BCUT2D eigenvalue weighted by atomic mass is 35.5. The lowest BCUT2D eigenvalue weighted by molar-refractivity contribution is 0.447. The van der Waals surface area contributed by atoms with E-state index >= 15 is 0 Å². The second-order valence-electron chi connectivity index (χ2n) is 6.67. The molecule has 1 aromatic heterocycles. The van der Waals surface area contributed by atoms with Crippen LogP contribution in [0.15, 0.2) is 53.3 Å². The van der Waals surface area contributed by atoms with Gasteiger partial charge >= 0.3 is 0 Å². The summed E-state index contributed by atoms with van der Waals surface area (Å²) in [6, 6.07) is 14.9. The maximum absolute atomic E-state index is 13.1. The summed E-state index contributed by atoms with van der Waals surface area (Å²) in [5.41, 5.74) is 3.01. The smallest absolute Gasteiger partial charge is 0.278 e. The van der Waals surface area contributed by atoms with E-state index in [4.69, 9.17) is 11.6 Å². The summed E-state index contributed by atoms with van der Waals surface area (Å²) in [7, 11) is 0. The Morgan fingerprint density at radius 3 is 2.54 bits per heavy atom. The largest absolute Gasteiger partial charge is 0.505 e. The van der Waals surface area contributed by atoms with Gasteiger partial charge in [0.15, 0.2) is 5.75 Å². The Morgan fingerprint density at radius 2 is 1.88 bits per heavy atom. The van der Waals surface area contributed by atoms with Crippen LogP contribution in [0.4, 0.5) is 0 Å². The summed E-state index contributed by atoms with van der Waals surface area (Å²) >= 11 is 6.06. The standard InChI is InChI=1S/C21H21ClN2O2/c1-13(2)19-20(25)18(17-10-5-4-7-14(17)3)21(26)24(23-19)12-15-8-6-9-16(22)11-15/h4-11,13,25H,12H2,1-3H3. The van der Waals surface area contributed by atoms with Crippen molar-refractivity contribution in [1.82, 2.24) is 9.78 Å². The Kier molecular flexibility index (Phi) is 5.14. The summed E-state index contributed by atoms with van der Waals surface area (Å²) < 4.78 is 1.41. The van der Waals surface area contributed by atoms with Gasteiger partial charge in [-0.3, -0.25) is 4.79 Å².